The molecule has 1 saturated heterocycles. The van der Waals surface area contributed by atoms with Crippen molar-refractivity contribution < 1.29 is 4.74 Å². The first-order chi connectivity index (χ1) is 9.57. The lowest BCUT2D eigenvalue weighted by molar-refractivity contribution is 0.0187. The zero-order chi connectivity index (χ0) is 14.6. The Balaban J connectivity index is 1.97. The Hall–Kier alpha value is -0.0800. The summed E-state index contributed by atoms with van der Waals surface area (Å²) in [6.07, 6.45) is 8.65. The first-order valence-electron chi connectivity index (χ1n) is 8.89. The van der Waals surface area contributed by atoms with Crippen molar-refractivity contribution >= 4 is 0 Å². The molecule has 2 aliphatic rings. The highest BCUT2D eigenvalue weighted by atomic mass is 16.5. The lowest BCUT2D eigenvalue weighted by Gasteiger charge is -2.37. The van der Waals surface area contributed by atoms with Crippen LogP contribution in [-0.2, 0) is 4.74 Å². The lowest BCUT2D eigenvalue weighted by Crippen LogP contribution is -2.43. The fraction of sp³-hybridized carbons (Fsp3) is 1.00. The number of hydrogen-bond donors (Lipinski definition) is 1. The van der Waals surface area contributed by atoms with Crippen LogP contribution in [0, 0.1) is 23.2 Å². The van der Waals surface area contributed by atoms with Gasteiger partial charge in [0.1, 0.15) is 0 Å². The lowest BCUT2D eigenvalue weighted by atomic mass is 9.72. The molecule has 3 unspecified atom stereocenters. The van der Waals surface area contributed by atoms with E-state index in [1.54, 1.807) is 0 Å². The maximum absolute atomic E-state index is 6.19. The third-order valence-corrected chi connectivity index (χ3v) is 5.12. The van der Waals surface area contributed by atoms with Crippen molar-refractivity contribution in [3.8, 4) is 0 Å². The molecule has 3 atom stereocenters. The summed E-state index contributed by atoms with van der Waals surface area (Å²) in [6.45, 7) is 12.6. The van der Waals surface area contributed by atoms with Crippen molar-refractivity contribution in [3.05, 3.63) is 0 Å². The normalized spacial score (nSPS) is 31.9. The molecule has 1 saturated carbocycles. The Morgan fingerprint density at radius 3 is 2.60 bits per heavy atom. The van der Waals surface area contributed by atoms with Crippen molar-refractivity contribution in [2.75, 3.05) is 19.7 Å². The van der Waals surface area contributed by atoms with E-state index in [1.165, 1.54) is 45.1 Å². The van der Waals surface area contributed by atoms with Gasteiger partial charge in [-0.3, -0.25) is 0 Å². The number of hydrogen-bond acceptors (Lipinski definition) is 2. The van der Waals surface area contributed by atoms with E-state index in [0.29, 0.717) is 11.5 Å². The summed E-state index contributed by atoms with van der Waals surface area (Å²) in [6, 6.07) is 0. The molecule has 0 spiro atoms. The Kier molecular flexibility index (Phi) is 5.92. The molecule has 2 nitrogen and oxygen atoms in total. The summed E-state index contributed by atoms with van der Waals surface area (Å²) in [5.41, 5.74) is 0.421. The van der Waals surface area contributed by atoms with Gasteiger partial charge in [0.2, 0.25) is 0 Å². The van der Waals surface area contributed by atoms with Crippen LogP contribution in [0.4, 0.5) is 0 Å². The number of rotatable bonds is 9. The third kappa shape index (κ3) is 4.21. The van der Waals surface area contributed by atoms with Crippen LogP contribution in [0.5, 0.6) is 0 Å². The molecule has 0 bridgehead atoms. The van der Waals surface area contributed by atoms with Crippen molar-refractivity contribution in [2.45, 2.75) is 72.3 Å². The second-order valence-corrected chi connectivity index (χ2v) is 7.86. The minimum Gasteiger partial charge on any atom is -0.377 e. The predicted octanol–water partition coefficient (Wildman–Crippen LogP) is 4.24. The molecule has 0 amide bonds. The largest absolute Gasteiger partial charge is 0.377 e. The second kappa shape index (κ2) is 7.26. The van der Waals surface area contributed by atoms with Crippen LogP contribution >= 0.6 is 0 Å². The summed E-state index contributed by atoms with van der Waals surface area (Å²) in [5.74, 6) is 2.44. The molecule has 118 valence electrons. The van der Waals surface area contributed by atoms with Crippen LogP contribution < -0.4 is 5.32 Å². The van der Waals surface area contributed by atoms with Crippen molar-refractivity contribution in [1.82, 2.24) is 5.32 Å². The van der Waals surface area contributed by atoms with Crippen molar-refractivity contribution in [2.24, 2.45) is 23.2 Å². The third-order valence-electron chi connectivity index (χ3n) is 5.12. The fourth-order valence-corrected chi connectivity index (χ4v) is 4.12. The Labute approximate surface area is 126 Å². The average Bonchev–Trinajstić information content (AvgIpc) is 3.12. The highest BCUT2D eigenvalue weighted by molar-refractivity contribution is 5.01. The molecular weight excluding hydrogens is 246 g/mol. The molecule has 20 heavy (non-hydrogen) atoms. The van der Waals surface area contributed by atoms with Gasteiger partial charge in [-0.2, -0.15) is 0 Å². The first-order valence-corrected chi connectivity index (χ1v) is 8.89. The van der Waals surface area contributed by atoms with Gasteiger partial charge >= 0.3 is 0 Å². The van der Waals surface area contributed by atoms with Crippen molar-refractivity contribution in [1.29, 1.82) is 0 Å². The van der Waals surface area contributed by atoms with Crippen LogP contribution in [0.2, 0.25) is 0 Å². The van der Waals surface area contributed by atoms with Gasteiger partial charge in [0.15, 0.2) is 0 Å². The predicted molar refractivity (Wildman–Crippen MR) is 85.9 cm³/mol. The molecule has 1 aliphatic carbocycles. The molecule has 1 aliphatic heterocycles. The van der Waals surface area contributed by atoms with Gasteiger partial charge in [-0.05, 0) is 50.0 Å². The van der Waals surface area contributed by atoms with E-state index < -0.39 is 0 Å². The van der Waals surface area contributed by atoms with E-state index in [1.807, 2.05) is 0 Å². The standard InChI is InChI=1S/C18H35NO/c1-5-6-15(4)11-18(13-19-12-14(2)3)9-10-20-17(18)16-7-8-16/h14-17,19H,5-13H2,1-4H3. The topological polar surface area (TPSA) is 21.3 Å². The Bertz CT molecular complexity index is 287. The summed E-state index contributed by atoms with van der Waals surface area (Å²) in [4.78, 5) is 0. The maximum Gasteiger partial charge on any atom is 0.0672 e. The molecule has 0 radical (unpaired) electrons. The monoisotopic (exact) mass is 281 g/mol. The van der Waals surface area contributed by atoms with E-state index >= 15 is 0 Å². The SMILES string of the molecule is CCCC(C)CC1(CNCC(C)C)CCOC1C1CC1. The van der Waals surface area contributed by atoms with Crippen LogP contribution in [-0.4, -0.2) is 25.8 Å². The zero-order valence-corrected chi connectivity index (χ0v) is 14.1. The second-order valence-electron chi connectivity index (χ2n) is 7.86. The maximum atomic E-state index is 6.19. The molecule has 2 heteroatoms. The van der Waals surface area contributed by atoms with Gasteiger partial charge in [0.25, 0.3) is 0 Å². The van der Waals surface area contributed by atoms with Crippen LogP contribution in [0.3, 0.4) is 0 Å². The first kappa shape index (κ1) is 16.3. The van der Waals surface area contributed by atoms with E-state index in [9.17, 15) is 0 Å². The fourth-order valence-electron chi connectivity index (χ4n) is 4.12. The molecule has 1 N–H and O–H groups in total. The van der Waals surface area contributed by atoms with E-state index in [4.69, 9.17) is 4.74 Å². The average molecular weight is 281 g/mol. The van der Waals surface area contributed by atoms with Gasteiger partial charge in [0.05, 0.1) is 6.10 Å². The number of ether oxygens (including phenoxy) is 1. The molecule has 0 aromatic carbocycles. The van der Waals surface area contributed by atoms with Crippen LogP contribution in [0.15, 0.2) is 0 Å². The molecule has 0 aromatic rings. The van der Waals surface area contributed by atoms with Crippen molar-refractivity contribution in [3.63, 3.8) is 0 Å². The van der Waals surface area contributed by atoms with Gasteiger partial charge in [-0.1, -0.05) is 40.5 Å². The summed E-state index contributed by atoms with van der Waals surface area (Å²) in [5, 5.41) is 3.75. The Morgan fingerprint density at radius 1 is 1.25 bits per heavy atom. The highest BCUT2D eigenvalue weighted by Gasteiger charge is 2.50. The molecular formula is C18H35NO. The summed E-state index contributed by atoms with van der Waals surface area (Å²) < 4.78 is 6.19. The van der Waals surface area contributed by atoms with Gasteiger partial charge in [-0.15, -0.1) is 0 Å². The Morgan fingerprint density at radius 2 is 2.00 bits per heavy atom. The van der Waals surface area contributed by atoms with Gasteiger partial charge < -0.3 is 10.1 Å². The van der Waals surface area contributed by atoms with E-state index in [0.717, 1.165) is 30.9 Å². The molecule has 0 aromatic heterocycles. The zero-order valence-electron chi connectivity index (χ0n) is 14.1. The molecule has 2 rings (SSSR count). The number of nitrogens with one attached hydrogen (secondary N) is 1. The summed E-state index contributed by atoms with van der Waals surface area (Å²) >= 11 is 0. The summed E-state index contributed by atoms with van der Waals surface area (Å²) in [7, 11) is 0. The molecule has 2 fully saturated rings. The quantitative estimate of drug-likeness (QED) is 0.682. The smallest absolute Gasteiger partial charge is 0.0672 e. The van der Waals surface area contributed by atoms with Gasteiger partial charge in [0, 0.05) is 18.6 Å². The van der Waals surface area contributed by atoms with E-state index in [2.05, 4.69) is 33.0 Å². The minimum atomic E-state index is 0.421. The highest BCUT2D eigenvalue weighted by Crippen LogP contribution is 2.50. The van der Waals surface area contributed by atoms with Crippen LogP contribution in [0.25, 0.3) is 0 Å². The molecule has 1 heterocycles. The van der Waals surface area contributed by atoms with Crippen LogP contribution in [0.1, 0.15) is 66.2 Å². The van der Waals surface area contributed by atoms with E-state index in [-0.39, 0.29) is 0 Å². The van der Waals surface area contributed by atoms with Gasteiger partial charge in [-0.25, -0.2) is 0 Å². The minimum absolute atomic E-state index is 0.421.